The van der Waals surface area contributed by atoms with Crippen molar-refractivity contribution in [2.45, 2.75) is 12.6 Å². The van der Waals surface area contributed by atoms with E-state index in [9.17, 15) is 9.90 Å². The molecule has 0 spiro atoms. The van der Waals surface area contributed by atoms with E-state index in [4.69, 9.17) is 9.94 Å². The average molecular weight is 368 g/mol. The second-order valence-corrected chi connectivity index (χ2v) is 5.98. The zero-order valence-corrected chi connectivity index (χ0v) is 14.8. The number of hydrogen-bond acceptors (Lipinski definition) is 6. The van der Waals surface area contributed by atoms with E-state index in [1.165, 1.54) is 13.3 Å². The molecule has 0 aliphatic carbocycles. The molecular weight excluding hydrogens is 348 g/mol. The normalized spacial score (nSPS) is 12.4. The number of para-hydroxylation sites is 1. The number of hydrogen-bond donors (Lipinski definition) is 2. The lowest BCUT2D eigenvalue weighted by molar-refractivity contribution is 0.0600. The Labute approximate surface area is 156 Å². The second kappa shape index (κ2) is 8.37. The van der Waals surface area contributed by atoms with Crippen LogP contribution in [0.1, 0.15) is 15.9 Å². The minimum Gasteiger partial charge on any atom is -0.491 e. The first-order chi connectivity index (χ1) is 13.1. The van der Waals surface area contributed by atoms with Gasteiger partial charge in [0.25, 0.3) is 0 Å². The minimum absolute atomic E-state index is 0.0908. The first-order valence-corrected chi connectivity index (χ1v) is 8.37. The van der Waals surface area contributed by atoms with E-state index < -0.39 is 12.1 Å². The third-order valence-electron chi connectivity index (χ3n) is 4.14. The highest BCUT2D eigenvalue weighted by Crippen LogP contribution is 2.21. The number of nitrogens with zero attached hydrogens (tertiary/aromatic N) is 2. The molecule has 140 valence electrons. The number of carbonyl (C=O) groups excluding carboxylic acids is 1. The van der Waals surface area contributed by atoms with Gasteiger partial charge in [-0.25, -0.2) is 4.79 Å². The first kappa shape index (κ1) is 18.5. The van der Waals surface area contributed by atoms with Crippen LogP contribution < -0.4 is 4.74 Å². The number of rotatable bonds is 7. The Hall–Kier alpha value is -3.32. The number of aliphatic hydroxyl groups excluding tert-OH is 1. The van der Waals surface area contributed by atoms with Crippen LogP contribution in [0.5, 0.6) is 5.75 Å². The molecule has 1 atom stereocenters. The van der Waals surface area contributed by atoms with Crippen LogP contribution in [0, 0.1) is 0 Å². The van der Waals surface area contributed by atoms with Crippen molar-refractivity contribution in [3.05, 3.63) is 65.9 Å². The predicted octanol–water partition coefficient (Wildman–Crippen LogP) is 2.68. The van der Waals surface area contributed by atoms with Crippen molar-refractivity contribution in [1.29, 1.82) is 0 Å². The number of esters is 1. The monoisotopic (exact) mass is 368 g/mol. The molecule has 1 heterocycles. The Morgan fingerprint density at radius 3 is 2.67 bits per heavy atom. The Morgan fingerprint density at radius 1 is 1.22 bits per heavy atom. The van der Waals surface area contributed by atoms with Crippen LogP contribution in [0.25, 0.3) is 10.9 Å². The highest BCUT2D eigenvalue weighted by atomic mass is 16.5. The van der Waals surface area contributed by atoms with Gasteiger partial charge in [-0.1, -0.05) is 23.4 Å². The molecule has 7 nitrogen and oxygen atoms in total. The summed E-state index contributed by atoms with van der Waals surface area (Å²) in [6.07, 6.45) is 2.43. The molecule has 1 unspecified atom stereocenters. The van der Waals surface area contributed by atoms with Crippen molar-refractivity contribution in [2.24, 2.45) is 5.16 Å². The number of benzene rings is 2. The molecule has 0 aliphatic rings. The van der Waals surface area contributed by atoms with Gasteiger partial charge in [-0.15, -0.1) is 0 Å². The van der Waals surface area contributed by atoms with Crippen molar-refractivity contribution >= 4 is 23.1 Å². The van der Waals surface area contributed by atoms with E-state index in [2.05, 4.69) is 9.89 Å². The van der Waals surface area contributed by atoms with Gasteiger partial charge in [0.15, 0.2) is 0 Å². The van der Waals surface area contributed by atoms with Crippen LogP contribution in [-0.2, 0) is 11.3 Å². The number of aromatic nitrogens is 1. The van der Waals surface area contributed by atoms with Crippen molar-refractivity contribution in [3.63, 3.8) is 0 Å². The number of fused-ring (bicyclic) bond motifs is 1. The number of carbonyl (C=O) groups is 1. The van der Waals surface area contributed by atoms with Gasteiger partial charge in [-0.2, -0.15) is 0 Å². The van der Waals surface area contributed by atoms with Crippen LogP contribution in [-0.4, -0.2) is 46.9 Å². The van der Waals surface area contributed by atoms with Gasteiger partial charge < -0.3 is 24.4 Å². The second-order valence-electron chi connectivity index (χ2n) is 5.98. The van der Waals surface area contributed by atoms with Gasteiger partial charge in [0.2, 0.25) is 0 Å². The van der Waals surface area contributed by atoms with Gasteiger partial charge in [-0.05, 0) is 30.3 Å². The van der Waals surface area contributed by atoms with Crippen LogP contribution in [0.3, 0.4) is 0 Å². The lowest BCUT2D eigenvalue weighted by Gasteiger charge is -2.14. The summed E-state index contributed by atoms with van der Waals surface area (Å²) in [4.78, 5) is 11.4. The predicted molar refractivity (Wildman–Crippen MR) is 101 cm³/mol. The number of aliphatic hydroxyl groups is 1. The van der Waals surface area contributed by atoms with Crippen molar-refractivity contribution < 1.29 is 24.6 Å². The Kier molecular flexibility index (Phi) is 5.73. The van der Waals surface area contributed by atoms with E-state index in [1.807, 2.05) is 35.0 Å². The molecule has 0 radical (unpaired) electrons. The smallest absolute Gasteiger partial charge is 0.337 e. The lowest BCUT2D eigenvalue weighted by atomic mass is 10.2. The van der Waals surface area contributed by atoms with Crippen LogP contribution in [0.2, 0.25) is 0 Å². The lowest BCUT2D eigenvalue weighted by Crippen LogP contribution is -2.23. The quantitative estimate of drug-likeness (QED) is 0.289. The summed E-state index contributed by atoms with van der Waals surface area (Å²) < 4.78 is 12.1. The molecule has 0 saturated heterocycles. The van der Waals surface area contributed by atoms with Gasteiger partial charge in [0.05, 0.1) is 25.4 Å². The molecule has 0 amide bonds. The molecule has 0 bridgehead atoms. The van der Waals surface area contributed by atoms with E-state index >= 15 is 0 Å². The largest absolute Gasteiger partial charge is 0.491 e. The summed E-state index contributed by atoms with van der Waals surface area (Å²) in [5, 5.41) is 23.2. The summed E-state index contributed by atoms with van der Waals surface area (Å²) >= 11 is 0. The molecule has 1 aromatic heterocycles. The van der Waals surface area contributed by atoms with Gasteiger partial charge in [0.1, 0.15) is 18.5 Å². The van der Waals surface area contributed by atoms with E-state index in [0.717, 1.165) is 16.5 Å². The van der Waals surface area contributed by atoms with E-state index in [1.54, 1.807) is 24.3 Å². The summed E-state index contributed by atoms with van der Waals surface area (Å²) in [7, 11) is 1.33. The topological polar surface area (TPSA) is 93.3 Å². The van der Waals surface area contributed by atoms with E-state index in [-0.39, 0.29) is 6.61 Å². The molecule has 3 aromatic rings. The molecule has 0 aliphatic heterocycles. The Morgan fingerprint density at radius 2 is 1.96 bits per heavy atom. The highest BCUT2D eigenvalue weighted by molar-refractivity contribution is 5.99. The first-order valence-electron chi connectivity index (χ1n) is 8.37. The zero-order chi connectivity index (χ0) is 19.2. The Bertz CT molecular complexity index is 947. The minimum atomic E-state index is -0.750. The molecule has 27 heavy (non-hydrogen) atoms. The molecular formula is C20H20N2O5. The maximum absolute atomic E-state index is 11.4. The SMILES string of the molecule is COC(=O)c1ccc(OCC(O)Cn2cc(/C=N\O)c3ccccc32)cc1. The maximum atomic E-state index is 11.4. The summed E-state index contributed by atoms with van der Waals surface area (Å²) in [5.41, 5.74) is 2.12. The van der Waals surface area contributed by atoms with Crippen LogP contribution in [0.15, 0.2) is 59.9 Å². The summed E-state index contributed by atoms with van der Waals surface area (Å²) in [6, 6.07) is 14.2. The van der Waals surface area contributed by atoms with Crippen LogP contribution >= 0.6 is 0 Å². The van der Waals surface area contributed by atoms with Gasteiger partial charge >= 0.3 is 5.97 Å². The number of ether oxygens (including phenoxy) is 2. The standard InChI is InChI=1S/C20H20N2O5/c1-26-20(24)14-6-8-17(9-7-14)27-13-16(23)12-22-11-15(10-21-25)18-4-2-3-5-19(18)22/h2-11,16,23,25H,12-13H2,1H3/b21-10-. The van der Waals surface area contributed by atoms with Gasteiger partial charge in [-0.3, -0.25) is 0 Å². The fourth-order valence-electron chi connectivity index (χ4n) is 2.87. The fourth-order valence-corrected chi connectivity index (χ4v) is 2.87. The highest BCUT2D eigenvalue weighted by Gasteiger charge is 2.12. The summed E-state index contributed by atoms with van der Waals surface area (Å²) in [5.74, 6) is 0.135. The molecule has 3 rings (SSSR count). The summed E-state index contributed by atoms with van der Waals surface area (Å²) in [6.45, 7) is 0.410. The third kappa shape index (κ3) is 4.27. The zero-order valence-electron chi connectivity index (χ0n) is 14.8. The van der Waals surface area contributed by atoms with Crippen molar-refractivity contribution in [1.82, 2.24) is 4.57 Å². The maximum Gasteiger partial charge on any atom is 0.337 e. The molecule has 0 saturated carbocycles. The van der Waals surface area contributed by atoms with Gasteiger partial charge in [0, 0.05) is 22.7 Å². The molecule has 2 aromatic carbocycles. The molecule has 0 fully saturated rings. The van der Waals surface area contributed by atoms with Crippen molar-refractivity contribution in [2.75, 3.05) is 13.7 Å². The fraction of sp³-hybridized carbons (Fsp3) is 0.200. The van der Waals surface area contributed by atoms with Crippen LogP contribution in [0.4, 0.5) is 0 Å². The Balaban J connectivity index is 1.65. The third-order valence-corrected chi connectivity index (χ3v) is 4.14. The van der Waals surface area contributed by atoms with E-state index in [0.29, 0.717) is 17.9 Å². The number of methoxy groups -OCH3 is 1. The van der Waals surface area contributed by atoms with Crippen molar-refractivity contribution in [3.8, 4) is 5.75 Å². The number of oxime groups is 1. The average Bonchev–Trinajstić information content (AvgIpc) is 3.04. The molecule has 2 N–H and O–H groups in total. The molecule has 7 heteroatoms.